The van der Waals surface area contributed by atoms with Gasteiger partial charge in [0.2, 0.25) is 0 Å². The SMILES string of the molecule is N#Cc1ccccc1-c1cc(-c2ccccc2C#N)c(-c2cc(-n3c4ccc(N(c5ccccc5)c5ccccc5)cc4c4cc(N(c5ccccc5)c5ccccc5)ccc43)cc(-n3c4ccc(N(c5ccccc5)c5ccccc5)cc4c4cc(N(c5ccccc5)c5ccccc5)ccc43)c2)c(-c2ccccc2C#N)c1. The van der Waals surface area contributed by atoms with E-state index in [2.05, 4.69) is 393 Å². The maximum absolute atomic E-state index is 11.4. The molecule has 19 rings (SSSR count). The zero-order valence-corrected chi connectivity index (χ0v) is 61.9. The molecule has 2 heterocycles. The van der Waals surface area contributed by atoms with Crippen molar-refractivity contribution in [3.8, 4) is 74.1 Å². The molecule has 0 bridgehead atoms. The van der Waals surface area contributed by atoms with Gasteiger partial charge < -0.3 is 28.7 Å². The van der Waals surface area contributed by atoms with Crippen molar-refractivity contribution in [3.05, 3.63) is 435 Å². The summed E-state index contributed by atoms with van der Waals surface area (Å²) >= 11 is 0. The van der Waals surface area contributed by atoms with E-state index in [0.29, 0.717) is 33.4 Å². The fourth-order valence-corrected chi connectivity index (χ4v) is 16.5. The van der Waals surface area contributed by atoms with Crippen LogP contribution in [0.15, 0.2) is 419 Å². The molecule has 0 spiro atoms. The van der Waals surface area contributed by atoms with Gasteiger partial charge in [-0.1, -0.05) is 200 Å². The lowest BCUT2D eigenvalue weighted by atomic mass is 9.82. The standard InChI is InChI=1S/C105H69N9/c106-70-73-31-25-28-50-92(73)76-63-99(93-51-29-26-32-74(93)71-107)105(100(64-76)94-52-30-27-33-75(94)72-108)77-61-90(113-101-57-53-86(109(78-34-9-1-10-35-78)79-36-11-2-12-37-79)66-95(101)96-67-87(54-58-102(96)113)110(80-38-13-3-14-39-80)81-40-15-4-16-41-81)65-91(62-77)114-103-59-55-88(111(82-42-17-5-18-43-82)83-44-19-6-20-45-83)68-97(103)98-69-89(56-60-104(98)114)112(84-46-21-7-22-47-84)85-48-23-8-24-49-85/h1-69H. The monoisotopic (exact) mass is 1460 g/mol. The third-order valence-corrected chi connectivity index (χ3v) is 21.5. The van der Waals surface area contributed by atoms with Crippen LogP contribution in [0, 0.1) is 34.0 Å². The highest BCUT2D eigenvalue weighted by Gasteiger charge is 2.28. The first-order valence-corrected chi connectivity index (χ1v) is 38.1. The smallest absolute Gasteiger partial charge is 0.0998 e. The fraction of sp³-hybridized carbons (Fsp3) is 0. The predicted molar refractivity (Wildman–Crippen MR) is 470 cm³/mol. The predicted octanol–water partition coefficient (Wildman–Crippen LogP) is 28.0. The summed E-state index contributed by atoms with van der Waals surface area (Å²) in [5.41, 5.74) is 24.8. The summed E-state index contributed by atoms with van der Waals surface area (Å²) in [6.45, 7) is 0. The average Bonchev–Trinajstić information content (AvgIpc) is 1.53. The van der Waals surface area contributed by atoms with Crippen molar-refractivity contribution in [1.82, 2.24) is 9.13 Å². The molecule has 9 heteroatoms. The van der Waals surface area contributed by atoms with Crippen LogP contribution in [0.4, 0.5) is 68.2 Å². The summed E-state index contributed by atoms with van der Waals surface area (Å²) in [5.74, 6) is 0. The van der Waals surface area contributed by atoms with E-state index in [0.717, 1.165) is 151 Å². The zero-order chi connectivity index (χ0) is 76.4. The lowest BCUT2D eigenvalue weighted by Gasteiger charge is -2.26. The van der Waals surface area contributed by atoms with Crippen LogP contribution in [0.2, 0.25) is 0 Å². The van der Waals surface area contributed by atoms with Gasteiger partial charge in [-0.15, -0.1) is 0 Å². The summed E-state index contributed by atoms with van der Waals surface area (Å²) in [4.78, 5) is 9.29. The molecule has 2 aromatic heterocycles. The highest BCUT2D eigenvalue weighted by Crippen LogP contribution is 2.51. The Morgan fingerprint density at radius 2 is 0.412 bits per heavy atom. The number of para-hydroxylation sites is 8. The quantitative estimate of drug-likeness (QED) is 0.0845. The molecule has 0 amide bonds. The first-order valence-electron chi connectivity index (χ1n) is 38.1. The Balaban J connectivity index is 0.961. The highest BCUT2D eigenvalue weighted by molar-refractivity contribution is 6.15. The Morgan fingerprint density at radius 1 is 0.184 bits per heavy atom. The molecular formula is C105H69N9. The summed E-state index contributed by atoms with van der Waals surface area (Å²) < 4.78 is 4.83. The Hall–Kier alpha value is -16.0. The minimum atomic E-state index is 0.462. The third kappa shape index (κ3) is 12.5. The number of anilines is 12. The lowest BCUT2D eigenvalue weighted by Crippen LogP contribution is -2.09. The Bertz CT molecular complexity index is 6120. The summed E-state index contributed by atoms with van der Waals surface area (Å²) in [5, 5.41) is 37.8. The molecule has 0 aliphatic heterocycles. The topological polar surface area (TPSA) is 94.2 Å². The van der Waals surface area contributed by atoms with Crippen molar-refractivity contribution in [3.63, 3.8) is 0 Å². The van der Waals surface area contributed by atoms with E-state index < -0.39 is 0 Å². The third-order valence-electron chi connectivity index (χ3n) is 21.5. The van der Waals surface area contributed by atoms with E-state index in [9.17, 15) is 15.8 Å². The van der Waals surface area contributed by atoms with Gasteiger partial charge in [-0.25, -0.2) is 0 Å². The minimum Gasteiger partial charge on any atom is -0.310 e. The largest absolute Gasteiger partial charge is 0.310 e. The van der Waals surface area contributed by atoms with E-state index in [-0.39, 0.29) is 0 Å². The van der Waals surface area contributed by atoms with Crippen molar-refractivity contribution in [2.24, 2.45) is 0 Å². The van der Waals surface area contributed by atoms with E-state index >= 15 is 0 Å². The second-order valence-corrected chi connectivity index (χ2v) is 28.2. The normalized spacial score (nSPS) is 11.1. The van der Waals surface area contributed by atoms with Crippen molar-refractivity contribution in [1.29, 1.82) is 15.8 Å². The number of rotatable bonds is 18. The van der Waals surface area contributed by atoms with Crippen LogP contribution in [-0.4, -0.2) is 9.13 Å². The van der Waals surface area contributed by atoms with Gasteiger partial charge >= 0.3 is 0 Å². The van der Waals surface area contributed by atoms with Gasteiger partial charge in [0.15, 0.2) is 0 Å². The van der Waals surface area contributed by atoms with E-state index in [1.54, 1.807) is 0 Å². The first-order chi connectivity index (χ1) is 56.4. The van der Waals surface area contributed by atoms with Crippen LogP contribution < -0.4 is 19.6 Å². The summed E-state index contributed by atoms with van der Waals surface area (Å²) in [6, 6.07) is 154. The molecule has 19 aromatic rings. The van der Waals surface area contributed by atoms with Crippen molar-refractivity contribution < 1.29 is 0 Å². The molecule has 0 radical (unpaired) electrons. The number of benzene rings is 17. The Morgan fingerprint density at radius 3 is 0.667 bits per heavy atom. The molecule has 0 saturated heterocycles. The number of hydrogen-bond donors (Lipinski definition) is 0. The van der Waals surface area contributed by atoms with Gasteiger partial charge in [-0.3, -0.25) is 0 Å². The Labute approximate surface area is 661 Å². The van der Waals surface area contributed by atoms with Crippen molar-refractivity contribution in [2.45, 2.75) is 0 Å². The van der Waals surface area contributed by atoms with Gasteiger partial charge in [0.1, 0.15) is 0 Å². The van der Waals surface area contributed by atoms with Gasteiger partial charge in [0.25, 0.3) is 0 Å². The second kappa shape index (κ2) is 29.9. The Kier molecular flexibility index (Phi) is 18.0. The number of aromatic nitrogens is 2. The van der Waals surface area contributed by atoms with Crippen LogP contribution in [0.1, 0.15) is 16.7 Å². The maximum atomic E-state index is 11.4. The van der Waals surface area contributed by atoms with E-state index in [4.69, 9.17) is 0 Å². The van der Waals surface area contributed by atoms with Gasteiger partial charge in [0.05, 0.1) is 57.0 Å². The molecule has 0 unspecified atom stereocenters. The van der Waals surface area contributed by atoms with Crippen LogP contribution in [-0.2, 0) is 0 Å². The lowest BCUT2D eigenvalue weighted by molar-refractivity contribution is 1.13. The zero-order valence-electron chi connectivity index (χ0n) is 61.9. The molecule has 0 N–H and O–H groups in total. The van der Waals surface area contributed by atoms with Crippen LogP contribution in [0.3, 0.4) is 0 Å². The number of nitrogens with zero attached hydrogens (tertiary/aromatic N) is 9. The molecular weight excluding hydrogens is 1390 g/mol. The van der Waals surface area contributed by atoms with Crippen LogP contribution in [0.25, 0.3) is 99.5 Å². The second-order valence-electron chi connectivity index (χ2n) is 28.2. The molecule has 0 aliphatic rings. The highest BCUT2D eigenvalue weighted by atomic mass is 15.2. The van der Waals surface area contributed by atoms with E-state index in [1.165, 1.54) is 0 Å². The molecule has 17 aromatic carbocycles. The summed E-state index contributed by atoms with van der Waals surface area (Å²) in [7, 11) is 0. The van der Waals surface area contributed by atoms with Gasteiger partial charge in [-0.05, 0) is 252 Å². The van der Waals surface area contributed by atoms with Crippen molar-refractivity contribution in [2.75, 3.05) is 19.6 Å². The molecule has 534 valence electrons. The first kappa shape index (κ1) is 68.5. The number of fused-ring (bicyclic) bond motifs is 6. The molecule has 0 saturated carbocycles. The van der Waals surface area contributed by atoms with Crippen LogP contribution >= 0.6 is 0 Å². The minimum absolute atomic E-state index is 0.462. The maximum Gasteiger partial charge on any atom is 0.0998 e. The van der Waals surface area contributed by atoms with Crippen LogP contribution in [0.5, 0.6) is 0 Å². The number of nitriles is 3. The van der Waals surface area contributed by atoms with Gasteiger partial charge in [-0.2, -0.15) is 15.8 Å². The molecule has 9 nitrogen and oxygen atoms in total. The van der Waals surface area contributed by atoms with Gasteiger partial charge in [0, 0.05) is 112 Å². The average molecular weight is 1460 g/mol. The fourth-order valence-electron chi connectivity index (χ4n) is 16.5. The molecule has 0 atom stereocenters. The van der Waals surface area contributed by atoms with Crippen molar-refractivity contribution >= 4 is 112 Å². The molecule has 0 aliphatic carbocycles. The number of hydrogen-bond acceptors (Lipinski definition) is 7. The molecule has 114 heavy (non-hydrogen) atoms. The van der Waals surface area contributed by atoms with E-state index in [1.807, 2.05) is 72.8 Å². The molecule has 0 fully saturated rings. The summed E-state index contributed by atoms with van der Waals surface area (Å²) in [6.07, 6.45) is 0.